The number of ether oxygens (including phenoxy) is 2. The van der Waals surface area contributed by atoms with Crippen molar-refractivity contribution >= 4 is 5.69 Å². The number of para-hydroxylation sites is 1. The van der Waals surface area contributed by atoms with Crippen molar-refractivity contribution in [2.75, 3.05) is 19.5 Å². The lowest BCUT2D eigenvalue weighted by atomic mass is 10.1. The summed E-state index contributed by atoms with van der Waals surface area (Å²) in [5.74, 6) is 1.46. The van der Waals surface area contributed by atoms with Crippen molar-refractivity contribution in [1.29, 1.82) is 0 Å². The molecular weight excluding hydrogens is 256 g/mol. The summed E-state index contributed by atoms with van der Waals surface area (Å²) in [6, 6.07) is 7.88. The Bertz CT molecular complexity index is 552. The van der Waals surface area contributed by atoms with Crippen LogP contribution in [0.1, 0.15) is 12.7 Å². The average Bonchev–Trinajstić information content (AvgIpc) is 2.87. The van der Waals surface area contributed by atoms with E-state index in [0.29, 0.717) is 5.82 Å². The molecule has 0 bridgehead atoms. The second-order valence-electron chi connectivity index (χ2n) is 4.56. The van der Waals surface area contributed by atoms with E-state index in [-0.39, 0.29) is 12.3 Å². The molecule has 1 unspecified atom stereocenters. The minimum Gasteiger partial charge on any atom is -0.377 e. The van der Waals surface area contributed by atoms with Crippen molar-refractivity contribution in [3.63, 3.8) is 0 Å². The van der Waals surface area contributed by atoms with Gasteiger partial charge in [0.25, 0.3) is 0 Å². The third kappa shape index (κ3) is 3.15. The van der Waals surface area contributed by atoms with Crippen LogP contribution in [0.3, 0.4) is 0 Å². The van der Waals surface area contributed by atoms with Crippen molar-refractivity contribution in [2.24, 2.45) is 0 Å². The second-order valence-corrected chi connectivity index (χ2v) is 4.56. The highest BCUT2D eigenvalue weighted by molar-refractivity contribution is 5.73. The minimum atomic E-state index is -0.322. The van der Waals surface area contributed by atoms with Crippen LogP contribution in [-0.2, 0) is 9.47 Å². The summed E-state index contributed by atoms with van der Waals surface area (Å²) in [7, 11) is 3.24. The fraction of sp³-hybridized carbons (Fsp3) is 0.429. The van der Waals surface area contributed by atoms with Gasteiger partial charge in [0.1, 0.15) is 5.82 Å². The highest BCUT2D eigenvalue weighted by atomic mass is 16.7. The second kappa shape index (κ2) is 6.49. The van der Waals surface area contributed by atoms with Crippen molar-refractivity contribution < 1.29 is 9.47 Å². The molecule has 2 N–H and O–H groups in total. The van der Waals surface area contributed by atoms with Gasteiger partial charge in [0.2, 0.25) is 0 Å². The topological polar surface area (TPSA) is 72.1 Å². The van der Waals surface area contributed by atoms with E-state index < -0.39 is 0 Å². The first kappa shape index (κ1) is 14.5. The van der Waals surface area contributed by atoms with Crippen molar-refractivity contribution in [1.82, 2.24) is 15.2 Å². The Balaban J connectivity index is 2.24. The summed E-state index contributed by atoms with van der Waals surface area (Å²) in [4.78, 5) is 4.36. The van der Waals surface area contributed by atoms with Gasteiger partial charge in [-0.15, -0.1) is 0 Å². The maximum Gasteiger partial charge on any atom is 0.183 e. The molecule has 1 aromatic carbocycles. The number of aromatic amines is 1. The number of hydrogen-bond acceptors (Lipinski definition) is 5. The largest absolute Gasteiger partial charge is 0.377 e. The summed E-state index contributed by atoms with van der Waals surface area (Å²) < 4.78 is 10.5. The van der Waals surface area contributed by atoms with Crippen molar-refractivity contribution in [3.05, 3.63) is 30.1 Å². The molecule has 2 aromatic rings. The summed E-state index contributed by atoms with van der Waals surface area (Å²) in [6.45, 7) is 3.87. The smallest absolute Gasteiger partial charge is 0.183 e. The molecule has 0 saturated carbocycles. The molecule has 108 valence electrons. The SMILES string of the molecule is COC(OC)C(C)Nc1ccccc1-c1n[nH]c(C)n1. The van der Waals surface area contributed by atoms with E-state index in [1.54, 1.807) is 14.2 Å². The Kier molecular flexibility index (Phi) is 4.70. The van der Waals surface area contributed by atoms with Crippen LogP contribution in [-0.4, -0.2) is 41.7 Å². The van der Waals surface area contributed by atoms with Crippen LogP contribution in [0.15, 0.2) is 24.3 Å². The van der Waals surface area contributed by atoms with E-state index >= 15 is 0 Å². The van der Waals surface area contributed by atoms with E-state index in [1.807, 2.05) is 38.1 Å². The zero-order valence-corrected chi connectivity index (χ0v) is 12.2. The fourth-order valence-corrected chi connectivity index (χ4v) is 2.08. The van der Waals surface area contributed by atoms with Gasteiger partial charge in [-0.25, -0.2) is 4.98 Å². The van der Waals surface area contributed by atoms with Gasteiger partial charge in [-0.3, -0.25) is 5.10 Å². The number of anilines is 1. The Hall–Kier alpha value is -1.92. The molecule has 0 fully saturated rings. The molecule has 6 heteroatoms. The lowest BCUT2D eigenvalue weighted by Gasteiger charge is -2.24. The van der Waals surface area contributed by atoms with E-state index in [2.05, 4.69) is 20.5 Å². The lowest BCUT2D eigenvalue weighted by Crippen LogP contribution is -2.33. The third-order valence-corrected chi connectivity index (χ3v) is 3.02. The Morgan fingerprint density at radius 3 is 2.50 bits per heavy atom. The highest BCUT2D eigenvalue weighted by Crippen LogP contribution is 2.25. The van der Waals surface area contributed by atoms with Crippen LogP contribution in [0.5, 0.6) is 0 Å². The van der Waals surface area contributed by atoms with Gasteiger partial charge in [-0.2, -0.15) is 5.10 Å². The summed E-state index contributed by atoms with van der Waals surface area (Å²) in [5.41, 5.74) is 1.88. The number of aryl methyl sites for hydroxylation is 1. The first-order chi connectivity index (χ1) is 9.65. The van der Waals surface area contributed by atoms with Crippen LogP contribution in [0.2, 0.25) is 0 Å². The molecule has 2 rings (SSSR count). The molecule has 20 heavy (non-hydrogen) atoms. The Morgan fingerprint density at radius 2 is 1.90 bits per heavy atom. The number of aromatic nitrogens is 3. The van der Waals surface area contributed by atoms with Gasteiger partial charge in [-0.05, 0) is 26.0 Å². The number of rotatable bonds is 6. The van der Waals surface area contributed by atoms with E-state index in [4.69, 9.17) is 9.47 Å². The standard InChI is InChI=1S/C14H20N4O2/c1-9(14(19-3)20-4)15-12-8-6-5-7-11(12)13-16-10(2)17-18-13/h5-9,14-15H,1-4H3,(H,16,17,18). The van der Waals surface area contributed by atoms with Crippen LogP contribution in [0.4, 0.5) is 5.69 Å². The maximum absolute atomic E-state index is 5.26. The molecule has 0 spiro atoms. The van der Waals surface area contributed by atoms with Gasteiger partial charge < -0.3 is 14.8 Å². The van der Waals surface area contributed by atoms with Crippen molar-refractivity contribution in [3.8, 4) is 11.4 Å². The molecular formula is C14H20N4O2. The number of benzene rings is 1. The predicted octanol–water partition coefficient (Wildman–Crippen LogP) is 2.20. The maximum atomic E-state index is 5.26. The van der Waals surface area contributed by atoms with Crippen LogP contribution >= 0.6 is 0 Å². The number of nitrogens with one attached hydrogen (secondary N) is 2. The van der Waals surface area contributed by atoms with E-state index in [1.165, 1.54) is 0 Å². The van der Waals surface area contributed by atoms with Crippen molar-refractivity contribution in [2.45, 2.75) is 26.2 Å². The number of methoxy groups -OCH3 is 2. The van der Waals surface area contributed by atoms with E-state index in [0.717, 1.165) is 17.1 Å². The molecule has 1 aromatic heterocycles. The van der Waals surface area contributed by atoms with Gasteiger partial charge in [0.05, 0.1) is 6.04 Å². The minimum absolute atomic E-state index is 0.00816. The third-order valence-electron chi connectivity index (χ3n) is 3.02. The first-order valence-electron chi connectivity index (χ1n) is 6.46. The van der Waals surface area contributed by atoms with Gasteiger partial charge in [-0.1, -0.05) is 12.1 Å². The van der Waals surface area contributed by atoms with Crippen LogP contribution < -0.4 is 5.32 Å². The molecule has 0 amide bonds. The zero-order valence-electron chi connectivity index (χ0n) is 12.2. The molecule has 1 atom stereocenters. The lowest BCUT2D eigenvalue weighted by molar-refractivity contribution is -0.109. The van der Waals surface area contributed by atoms with Gasteiger partial charge in [0.15, 0.2) is 12.1 Å². The molecule has 0 saturated heterocycles. The number of nitrogens with zero attached hydrogens (tertiary/aromatic N) is 2. The monoisotopic (exact) mass is 276 g/mol. The Morgan fingerprint density at radius 1 is 1.20 bits per heavy atom. The molecule has 0 radical (unpaired) electrons. The molecule has 0 aliphatic heterocycles. The quantitative estimate of drug-likeness (QED) is 0.791. The van der Waals surface area contributed by atoms with Gasteiger partial charge >= 0.3 is 0 Å². The molecule has 6 nitrogen and oxygen atoms in total. The molecule has 0 aliphatic rings. The fourth-order valence-electron chi connectivity index (χ4n) is 2.08. The molecule has 1 heterocycles. The Labute approximate surface area is 118 Å². The molecule has 0 aliphatic carbocycles. The van der Waals surface area contributed by atoms with Crippen LogP contribution in [0, 0.1) is 6.92 Å². The normalized spacial score (nSPS) is 12.7. The highest BCUT2D eigenvalue weighted by Gasteiger charge is 2.17. The predicted molar refractivity (Wildman–Crippen MR) is 77.4 cm³/mol. The summed E-state index contributed by atoms with van der Waals surface area (Å²) in [5, 5.41) is 10.4. The zero-order chi connectivity index (χ0) is 14.5. The summed E-state index contributed by atoms with van der Waals surface area (Å²) >= 11 is 0. The summed E-state index contributed by atoms with van der Waals surface area (Å²) in [6.07, 6.45) is -0.322. The van der Waals surface area contributed by atoms with Gasteiger partial charge in [0, 0.05) is 25.5 Å². The number of H-pyrrole nitrogens is 1. The number of hydrogen-bond donors (Lipinski definition) is 2. The first-order valence-corrected chi connectivity index (χ1v) is 6.46. The van der Waals surface area contributed by atoms with Crippen LogP contribution in [0.25, 0.3) is 11.4 Å². The van der Waals surface area contributed by atoms with E-state index in [9.17, 15) is 0 Å². The average molecular weight is 276 g/mol.